The highest BCUT2D eigenvalue weighted by Gasteiger charge is 2.10. The fraction of sp³-hybridized carbons (Fsp3) is 0.182. The van der Waals surface area contributed by atoms with Gasteiger partial charge in [-0.15, -0.1) is 5.10 Å². The summed E-state index contributed by atoms with van der Waals surface area (Å²) < 4.78 is 3.78. The normalized spacial score (nSPS) is 12.3. The Balaban J connectivity index is 2.15. The highest BCUT2D eigenvalue weighted by molar-refractivity contribution is 7.03. The third kappa shape index (κ3) is 2.86. The van der Waals surface area contributed by atoms with Crippen molar-refractivity contribution in [2.45, 2.75) is 12.5 Å². The van der Waals surface area contributed by atoms with E-state index < -0.39 is 12.0 Å². The molecule has 1 atom stereocenters. The summed E-state index contributed by atoms with van der Waals surface area (Å²) in [4.78, 5) is 10.5. The Morgan fingerprint density at radius 2 is 2.12 bits per heavy atom. The van der Waals surface area contributed by atoms with Gasteiger partial charge in [-0.25, -0.2) is 0 Å². The van der Waals surface area contributed by atoms with Crippen LogP contribution in [0.4, 0.5) is 0 Å². The summed E-state index contributed by atoms with van der Waals surface area (Å²) in [7, 11) is 0. The number of aromatic nitrogens is 2. The molecule has 0 spiro atoms. The second kappa shape index (κ2) is 5.03. The molecule has 1 heterocycles. The summed E-state index contributed by atoms with van der Waals surface area (Å²) in [6, 6.07) is 6.90. The second-order valence-corrected chi connectivity index (χ2v) is 4.23. The summed E-state index contributed by atoms with van der Waals surface area (Å²) in [6.07, 6.45) is -0.0718. The van der Waals surface area contributed by atoms with E-state index in [1.165, 1.54) is 11.5 Å². The molecule has 0 saturated heterocycles. The van der Waals surface area contributed by atoms with Crippen LogP contribution in [0.25, 0.3) is 11.3 Å². The average molecular weight is 249 g/mol. The van der Waals surface area contributed by atoms with Crippen molar-refractivity contribution in [2.24, 2.45) is 5.73 Å². The molecule has 0 fully saturated rings. The van der Waals surface area contributed by atoms with Crippen LogP contribution in [-0.2, 0) is 4.79 Å². The minimum atomic E-state index is -0.898. The first-order chi connectivity index (χ1) is 8.16. The Hall–Kier alpha value is -1.79. The van der Waals surface area contributed by atoms with E-state index in [4.69, 9.17) is 10.8 Å². The van der Waals surface area contributed by atoms with E-state index in [0.29, 0.717) is 0 Å². The highest BCUT2D eigenvalue weighted by atomic mass is 32.1. The molecule has 0 radical (unpaired) electrons. The lowest BCUT2D eigenvalue weighted by Gasteiger charge is -2.09. The van der Waals surface area contributed by atoms with Gasteiger partial charge in [0.05, 0.1) is 6.42 Å². The average Bonchev–Trinajstić information content (AvgIpc) is 2.82. The summed E-state index contributed by atoms with van der Waals surface area (Å²) in [5.41, 5.74) is 8.33. The SMILES string of the molecule is NC(CC(=O)O)c1ccc(-c2csnn2)cc1. The summed E-state index contributed by atoms with van der Waals surface area (Å²) in [6.45, 7) is 0. The van der Waals surface area contributed by atoms with E-state index in [-0.39, 0.29) is 6.42 Å². The molecule has 0 saturated carbocycles. The van der Waals surface area contributed by atoms with E-state index in [2.05, 4.69) is 9.59 Å². The van der Waals surface area contributed by atoms with Crippen LogP contribution in [0, 0.1) is 0 Å². The number of carboxylic acid groups (broad SMARTS) is 1. The Labute approximate surface area is 102 Å². The summed E-state index contributed by atoms with van der Waals surface area (Å²) in [5.74, 6) is -0.898. The number of carboxylic acids is 1. The first-order valence-electron chi connectivity index (χ1n) is 5.01. The summed E-state index contributed by atoms with van der Waals surface area (Å²) >= 11 is 1.29. The zero-order valence-electron chi connectivity index (χ0n) is 8.91. The van der Waals surface area contributed by atoms with E-state index in [1.54, 1.807) is 0 Å². The molecule has 17 heavy (non-hydrogen) atoms. The van der Waals surface area contributed by atoms with Crippen molar-refractivity contribution in [3.63, 3.8) is 0 Å². The van der Waals surface area contributed by atoms with Crippen LogP contribution < -0.4 is 5.73 Å². The van der Waals surface area contributed by atoms with Crippen LogP contribution in [0.15, 0.2) is 29.6 Å². The number of rotatable bonds is 4. The number of nitrogens with zero attached hydrogens (tertiary/aromatic N) is 2. The van der Waals surface area contributed by atoms with Crippen molar-refractivity contribution in [2.75, 3.05) is 0 Å². The molecule has 2 rings (SSSR count). The molecule has 0 amide bonds. The van der Waals surface area contributed by atoms with Gasteiger partial charge >= 0.3 is 5.97 Å². The topological polar surface area (TPSA) is 89.1 Å². The van der Waals surface area contributed by atoms with Crippen molar-refractivity contribution >= 4 is 17.5 Å². The quantitative estimate of drug-likeness (QED) is 0.860. The van der Waals surface area contributed by atoms with Gasteiger partial charge in [0.25, 0.3) is 0 Å². The monoisotopic (exact) mass is 249 g/mol. The van der Waals surface area contributed by atoms with Gasteiger partial charge in [0.1, 0.15) is 5.69 Å². The minimum Gasteiger partial charge on any atom is -0.481 e. The molecule has 0 aliphatic heterocycles. The molecule has 6 heteroatoms. The summed E-state index contributed by atoms with van der Waals surface area (Å²) in [5, 5.41) is 14.5. The van der Waals surface area contributed by atoms with Gasteiger partial charge in [0.15, 0.2) is 0 Å². The zero-order valence-corrected chi connectivity index (χ0v) is 9.72. The molecule has 3 N–H and O–H groups in total. The van der Waals surface area contributed by atoms with E-state index in [9.17, 15) is 4.79 Å². The molecule has 0 aliphatic carbocycles. The van der Waals surface area contributed by atoms with Crippen LogP contribution in [0.3, 0.4) is 0 Å². The molecule has 1 aromatic carbocycles. The number of hydrogen-bond acceptors (Lipinski definition) is 5. The maximum absolute atomic E-state index is 10.5. The van der Waals surface area contributed by atoms with Gasteiger partial charge in [-0.1, -0.05) is 28.8 Å². The Morgan fingerprint density at radius 1 is 1.41 bits per heavy atom. The maximum atomic E-state index is 10.5. The molecule has 2 aromatic rings. The fourth-order valence-electron chi connectivity index (χ4n) is 1.50. The third-order valence-electron chi connectivity index (χ3n) is 2.39. The number of benzene rings is 1. The fourth-order valence-corrected chi connectivity index (χ4v) is 1.96. The maximum Gasteiger partial charge on any atom is 0.305 e. The van der Waals surface area contributed by atoms with Gasteiger partial charge in [-0.3, -0.25) is 4.79 Å². The lowest BCUT2D eigenvalue weighted by Crippen LogP contribution is -2.14. The molecule has 5 nitrogen and oxygen atoms in total. The molecular weight excluding hydrogens is 238 g/mol. The Bertz CT molecular complexity index is 496. The van der Waals surface area contributed by atoms with Crippen LogP contribution in [0.2, 0.25) is 0 Å². The molecule has 0 bridgehead atoms. The lowest BCUT2D eigenvalue weighted by atomic mass is 10.0. The molecular formula is C11H11N3O2S. The van der Waals surface area contributed by atoms with Crippen molar-refractivity contribution in [1.82, 2.24) is 9.59 Å². The van der Waals surface area contributed by atoms with E-state index >= 15 is 0 Å². The van der Waals surface area contributed by atoms with Crippen molar-refractivity contribution in [3.05, 3.63) is 35.2 Å². The van der Waals surface area contributed by atoms with Crippen molar-refractivity contribution in [3.8, 4) is 11.3 Å². The Morgan fingerprint density at radius 3 is 2.65 bits per heavy atom. The number of carbonyl (C=O) groups is 1. The van der Waals surface area contributed by atoms with Gasteiger partial charge in [-0.05, 0) is 17.1 Å². The van der Waals surface area contributed by atoms with Gasteiger partial charge in [0, 0.05) is 17.0 Å². The molecule has 1 aromatic heterocycles. The number of nitrogens with two attached hydrogens (primary N) is 1. The van der Waals surface area contributed by atoms with E-state index in [0.717, 1.165) is 16.8 Å². The third-order valence-corrected chi connectivity index (χ3v) is 2.89. The van der Waals surface area contributed by atoms with Crippen LogP contribution in [-0.4, -0.2) is 20.7 Å². The van der Waals surface area contributed by atoms with E-state index in [1.807, 2.05) is 29.6 Å². The predicted octanol–water partition coefficient (Wildman–Crippen LogP) is 1.68. The predicted molar refractivity (Wildman–Crippen MR) is 64.5 cm³/mol. The second-order valence-electron chi connectivity index (χ2n) is 3.62. The lowest BCUT2D eigenvalue weighted by molar-refractivity contribution is -0.137. The minimum absolute atomic E-state index is 0.0718. The van der Waals surface area contributed by atoms with Crippen LogP contribution >= 0.6 is 11.5 Å². The molecule has 1 unspecified atom stereocenters. The number of aliphatic carboxylic acids is 1. The van der Waals surface area contributed by atoms with Crippen molar-refractivity contribution in [1.29, 1.82) is 0 Å². The first kappa shape index (κ1) is 11.7. The Kier molecular flexibility index (Phi) is 3.46. The van der Waals surface area contributed by atoms with Crippen LogP contribution in [0.5, 0.6) is 0 Å². The van der Waals surface area contributed by atoms with Gasteiger partial charge in [-0.2, -0.15) is 0 Å². The standard InChI is InChI=1S/C11H11N3O2S/c12-9(5-11(15)16)7-1-3-8(4-2-7)10-6-17-14-13-10/h1-4,6,9H,5,12H2,(H,15,16). The van der Waals surface area contributed by atoms with Crippen molar-refractivity contribution < 1.29 is 9.90 Å². The molecule has 0 aliphatic rings. The molecule has 88 valence electrons. The highest BCUT2D eigenvalue weighted by Crippen LogP contribution is 2.21. The van der Waals surface area contributed by atoms with Gasteiger partial charge in [0.2, 0.25) is 0 Å². The zero-order chi connectivity index (χ0) is 12.3. The first-order valence-corrected chi connectivity index (χ1v) is 5.85. The largest absolute Gasteiger partial charge is 0.481 e. The van der Waals surface area contributed by atoms with Gasteiger partial charge < -0.3 is 10.8 Å². The van der Waals surface area contributed by atoms with Crippen LogP contribution in [0.1, 0.15) is 18.0 Å². The number of hydrogen-bond donors (Lipinski definition) is 2. The smallest absolute Gasteiger partial charge is 0.305 e.